The number of hydrogen-bond donors (Lipinski definition) is 2. The van der Waals surface area contributed by atoms with Crippen LogP contribution in [0.25, 0.3) is 0 Å². The molecular weight excluding hydrogens is 458 g/mol. The molecule has 0 saturated carbocycles. The average Bonchev–Trinajstić information content (AvgIpc) is 2.68. The summed E-state index contributed by atoms with van der Waals surface area (Å²) in [4.78, 5) is 0. The van der Waals surface area contributed by atoms with Gasteiger partial charge in [-0.1, -0.05) is 30.9 Å². The van der Waals surface area contributed by atoms with Crippen LogP contribution >= 0.6 is 22.6 Å². The van der Waals surface area contributed by atoms with Gasteiger partial charge in [0.1, 0.15) is 12.4 Å². The van der Waals surface area contributed by atoms with Crippen LogP contribution in [0.4, 0.5) is 0 Å². The van der Waals surface area contributed by atoms with Crippen LogP contribution in [-0.2, 0) is 4.65 Å². The molecule has 0 saturated heterocycles. The molecule has 2 aromatic carbocycles. The van der Waals surface area contributed by atoms with Crippen LogP contribution in [0.1, 0.15) is 18.1 Å². The van der Waals surface area contributed by atoms with Crippen molar-refractivity contribution in [1.29, 1.82) is 0 Å². The van der Waals surface area contributed by atoms with Crippen molar-refractivity contribution >= 4 is 29.7 Å². The number of methoxy groups -OCH3 is 1. The van der Waals surface area contributed by atoms with Gasteiger partial charge in [0.2, 0.25) is 0 Å². The summed E-state index contributed by atoms with van der Waals surface area (Å²) >= 11 is 2.04. The van der Waals surface area contributed by atoms with E-state index < -0.39 is 7.12 Å². The molecule has 1 unspecified atom stereocenters. The monoisotopic (exact) mass is 478 g/mol. The zero-order chi connectivity index (χ0) is 19.4. The van der Waals surface area contributed by atoms with E-state index in [1.807, 2.05) is 65.1 Å². The van der Waals surface area contributed by atoms with Gasteiger partial charge in [0.05, 0.1) is 16.8 Å². The lowest BCUT2D eigenvalue weighted by atomic mass is 9.71. The first-order valence-corrected chi connectivity index (χ1v) is 9.53. The number of para-hydroxylation sites is 1. The highest BCUT2D eigenvalue weighted by molar-refractivity contribution is 14.1. The number of halogens is 1. The number of phenols is 1. The molecule has 5 nitrogen and oxygen atoms in total. The maximum Gasteiger partial charge on any atom is 0.491 e. The zero-order valence-corrected chi connectivity index (χ0v) is 17.0. The quantitative estimate of drug-likeness (QED) is 0.485. The lowest BCUT2D eigenvalue weighted by molar-refractivity contribution is 0.167. The number of phenolic OH excluding ortho intramolecular Hbond substituents is 1. The van der Waals surface area contributed by atoms with E-state index in [4.69, 9.17) is 14.1 Å². The van der Waals surface area contributed by atoms with Crippen molar-refractivity contribution in [3.63, 3.8) is 0 Å². The van der Waals surface area contributed by atoms with E-state index in [9.17, 15) is 10.1 Å². The highest BCUT2D eigenvalue weighted by Gasteiger charge is 2.31. The maximum atomic E-state index is 10.4. The Kier molecular flexibility index (Phi) is 6.46. The topological polar surface area (TPSA) is 68.2 Å². The Morgan fingerprint density at radius 1 is 1.33 bits per heavy atom. The molecule has 0 radical (unpaired) electrons. The summed E-state index contributed by atoms with van der Waals surface area (Å²) in [6, 6.07) is 13.0. The summed E-state index contributed by atoms with van der Waals surface area (Å²) in [6.45, 7) is 4.28. The van der Waals surface area contributed by atoms with Gasteiger partial charge in [-0.05, 0) is 69.9 Å². The molecule has 140 valence electrons. The second-order valence-electron chi connectivity index (χ2n) is 6.13. The van der Waals surface area contributed by atoms with E-state index in [0.717, 1.165) is 11.3 Å². The van der Waals surface area contributed by atoms with Crippen LogP contribution in [0.15, 0.2) is 66.2 Å². The van der Waals surface area contributed by atoms with Gasteiger partial charge in [-0.15, -0.1) is 0 Å². The third kappa shape index (κ3) is 4.66. The van der Waals surface area contributed by atoms with Crippen LogP contribution in [-0.4, -0.2) is 31.0 Å². The van der Waals surface area contributed by atoms with Gasteiger partial charge in [-0.2, -0.15) is 0 Å². The molecule has 2 aromatic rings. The summed E-state index contributed by atoms with van der Waals surface area (Å²) in [6.07, 6.45) is 2.15. The highest BCUT2D eigenvalue weighted by Crippen LogP contribution is 2.38. The predicted molar refractivity (Wildman–Crippen MR) is 113 cm³/mol. The van der Waals surface area contributed by atoms with E-state index in [1.54, 1.807) is 6.07 Å². The van der Waals surface area contributed by atoms with E-state index in [1.165, 1.54) is 7.11 Å². The second kappa shape index (κ2) is 8.82. The number of aromatic hydroxyl groups is 1. The largest absolute Gasteiger partial charge is 0.504 e. The molecule has 0 amide bonds. The van der Waals surface area contributed by atoms with Crippen molar-refractivity contribution in [3.8, 4) is 17.2 Å². The SMILES string of the molecule is C=C(COc1ccccc1)C1=CCC(c2cc(I)c(O)c(OC)c2)OB1O. The molecule has 1 atom stereocenters. The summed E-state index contributed by atoms with van der Waals surface area (Å²) in [5, 5.41) is 20.4. The van der Waals surface area contributed by atoms with Crippen molar-refractivity contribution < 1.29 is 24.3 Å². The molecule has 7 heteroatoms. The fourth-order valence-electron chi connectivity index (χ4n) is 2.86. The first-order valence-electron chi connectivity index (χ1n) is 8.45. The Hall–Kier alpha value is -1.97. The first-order chi connectivity index (χ1) is 13.0. The predicted octanol–water partition coefficient (Wildman–Crippen LogP) is 4.05. The van der Waals surface area contributed by atoms with Crippen molar-refractivity contribution in [2.24, 2.45) is 0 Å². The molecule has 3 rings (SSSR count). The third-order valence-electron chi connectivity index (χ3n) is 4.32. The molecule has 0 aliphatic carbocycles. The van der Waals surface area contributed by atoms with Crippen LogP contribution in [0.3, 0.4) is 0 Å². The number of rotatable bonds is 6. The minimum absolute atomic E-state index is 0.0980. The highest BCUT2D eigenvalue weighted by atomic mass is 127. The third-order valence-corrected chi connectivity index (χ3v) is 5.14. The Bertz CT molecular complexity index is 853. The van der Waals surface area contributed by atoms with Crippen LogP contribution in [0.2, 0.25) is 0 Å². The van der Waals surface area contributed by atoms with Gasteiger partial charge >= 0.3 is 7.12 Å². The van der Waals surface area contributed by atoms with E-state index >= 15 is 0 Å². The molecule has 27 heavy (non-hydrogen) atoms. The fraction of sp³-hybridized carbons (Fsp3) is 0.200. The maximum absolute atomic E-state index is 10.4. The van der Waals surface area contributed by atoms with Crippen molar-refractivity contribution in [2.75, 3.05) is 13.7 Å². The molecule has 1 aliphatic heterocycles. The standard InChI is InChI=1S/C20H20BIO5/c1-13(12-26-15-6-4-3-5-7-15)16-8-9-18(27-21(16)24)14-10-17(22)20(23)19(11-14)25-2/h3-8,10-11,18,23-24H,1,9,12H2,2H3. The molecule has 0 spiro atoms. The molecule has 0 aromatic heterocycles. The normalized spacial score (nSPS) is 16.6. The smallest absolute Gasteiger partial charge is 0.491 e. The second-order valence-corrected chi connectivity index (χ2v) is 7.29. The first kappa shape index (κ1) is 19.8. The van der Waals surface area contributed by atoms with Gasteiger partial charge in [-0.25, -0.2) is 0 Å². The van der Waals surface area contributed by atoms with Gasteiger partial charge in [0.25, 0.3) is 0 Å². The van der Waals surface area contributed by atoms with Crippen LogP contribution in [0.5, 0.6) is 17.2 Å². The summed E-state index contributed by atoms with van der Waals surface area (Å²) in [7, 11) is 0.410. The van der Waals surface area contributed by atoms with Crippen molar-refractivity contribution in [2.45, 2.75) is 12.5 Å². The van der Waals surface area contributed by atoms with E-state index in [0.29, 0.717) is 26.8 Å². The van der Waals surface area contributed by atoms with Crippen molar-refractivity contribution in [3.05, 3.63) is 75.3 Å². The Morgan fingerprint density at radius 2 is 2.07 bits per heavy atom. The molecular formula is C20H20BIO5. The minimum atomic E-state index is -1.09. The number of benzene rings is 2. The average molecular weight is 478 g/mol. The summed E-state index contributed by atoms with van der Waals surface area (Å²) in [5.41, 5.74) is 2.12. The Labute approximate surface area is 172 Å². The fourth-order valence-corrected chi connectivity index (χ4v) is 3.48. The number of hydrogen-bond acceptors (Lipinski definition) is 5. The molecule has 1 aliphatic rings. The lowest BCUT2D eigenvalue weighted by Crippen LogP contribution is -2.30. The van der Waals surface area contributed by atoms with Gasteiger partial charge < -0.3 is 24.3 Å². The zero-order valence-electron chi connectivity index (χ0n) is 14.9. The van der Waals surface area contributed by atoms with Crippen LogP contribution in [0, 0.1) is 3.57 Å². The van der Waals surface area contributed by atoms with E-state index in [-0.39, 0.29) is 18.5 Å². The van der Waals surface area contributed by atoms with Gasteiger partial charge in [0, 0.05) is 0 Å². The lowest BCUT2D eigenvalue weighted by Gasteiger charge is -2.27. The molecule has 0 fully saturated rings. The Morgan fingerprint density at radius 3 is 2.74 bits per heavy atom. The van der Waals surface area contributed by atoms with Crippen molar-refractivity contribution in [1.82, 2.24) is 0 Å². The summed E-state index contributed by atoms with van der Waals surface area (Å²) in [5.74, 6) is 1.22. The molecule has 0 bridgehead atoms. The van der Waals surface area contributed by atoms with Gasteiger partial charge in [-0.3, -0.25) is 0 Å². The molecule has 1 heterocycles. The van der Waals surface area contributed by atoms with E-state index in [2.05, 4.69) is 6.58 Å². The van der Waals surface area contributed by atoms with Gasteiger partial charge in [0.15, 0.2) is 11.5 Å². The molecule has 2 N–H and O–H groups in total. The van der Waals surface area contributed by atoms with Crippen LogP contribution < -0.4 is 9.47 Å². The minimum Gasteiger partial charge on any atom is -0.504 e. The summed E-state index contributed by atoms with van der Waals surface area (Å²) < 4.78 is 17.3. The Balaban J connectivity index is 1.69. The number of ether oxygens (including phenoxy) is 2.